The molecule has 0 N–H and O–H groups in total. The molecule has 1 rings (SSSR count). The highest BCUT2D eigenvalue weighted by Gasteiger charge is 2.02. The van der Waals surface area contributed by atoms with E-state index in [1.54, 1.807) is 24.3 Å². The molecule has 0 radical (unpaired) electrons. The van der Waals surface area contributed by atoms with Crippen molar-refractivity contribution in [1.29, 1.82) is 0 Å². The van der Waals surface area contributed by atoms with Crippen LogP contribution in [0.2, 0.25) is 0 Å². The van der Waals surface area contributed by atoms with Gasteiger partial charge in [-0.1, -0.05) is 18.2 Å². The van der Waals surface area contributed by atoms with Gasteiger partial charge in [0.1, 0.15) is 11.5 Å². The van der Waals surface area contributed by atoms with Crippen LogP contribution in [-0.2, 0) is 4.79 Å². The number of benzene rings is 1. The van der Waals surface area contributed by atoms with E-state index < -0.39 is 0 Å². The fraction of sp³-hybridized carbons (Fsp3) is 0.125. The van der Waals surface area contributed by atoms with Crippen molar-refractivity contribution in [2.24, 2.45) is 0 Å². The molecule has 4 heteroatoms. The number of halogens is 1. The highest BCUT2D eigenvalue weighted by atomic mass is 35.7. The molecular formula is C8H7ClO2S. The number of rotatable bonds is 3. The zero-order valence-corrected chi connectivity index (χ0v) is 7.77. The van der Waals surface area contributed by atoms with Gasteiger partial charge in [0, 0.05) is 0 Å². The van der Waals surface area contributed by atoms with Crippen molar-refractivity contribution in [3.05, 3.63) is 30.3 Å². The SMILES string of the molecule is O=C(CSCl)Oc1ccccc1. The van der Waals surface area contributed by atoms with Gasteiger partial charge >= 0.3 is 5.97 Å². The highest BCUT2D eigenvalue weighted by molar-refractivity contribution is 8.21. The molecule has 0 aliphatic heterocycles. The second-order valence-electron chi connectivity index (χ2n) is 2.04. The lowest BCUT2D eigenvalue weighted by Crippen LogP contribution is -2.09. The normalized spacial score (nSPS) is 9.42. The molecule has 0 heterocycles. The van der Waals surface area contributed by atoms with Gasteiger partial charge in [-0.15, -0.1) is 0 Å². The summed E-state index contributed by atoms with van der Waals surface area (Å²) in [5.74, 6) is 0.380. The third-order valence-electron chi connectivity index (χ3n) is 1.15. The largest absolute Gasteiger partial charge is 0.426 e. The minimum atomic E-state index is -0.332. The third-order valence-corrected chi connectivity index (χ3v) is 1.82. The van der Waals surface area contributed by atoms with Gasteiger partial charge in [0.25, 0.3) is 0 Å². The lowest BCUT2D eigenvalue weighted by molar-refractivity contribution is -0.131. The van der Waals surface area contributed by atoms with Gasteiger partial charge in [-0.2, -0.15) is 0 Å². The zero-order valence-electron chi connectivity index (χ0n) is 6.20. The molecule has 0 saturated heterocycles. The van der Waals surface area contributed by atoms with E-state index in [-0.39, 0.29) is 11.7 Å². The quantitative estimate of drug-likeness (QED) is 0.557. The second-order valence-corrected chi connectivity index (χ2v) is 3.20. The first kappa shape index (κ1) is 9.42. The Labute approximate surface area is 79.4 Å². The maximum Gasteiger partial charge on any atom is 0.322 e. The number of carbonyl (C=O) groups excluding carboxylic acids is 1. The summed E-state index contributed by atoms with van der Waals surface area (Å²) in [6.07, 6.45) is 0. The van der Waals surface area contributed by atoms with Gasteiger partial charge in [-0.3, -0.25) is 4.79 Å². The molecule has 0 atom stereocenters. The maximum absolute atomic E-state index is 10.9. The smallest absolute Gasteiger partial charge is 0.322 e. The van der Waals surface area contributed by atoms with E-state index in [0.717, 1.165) is 11.0 Å². The summed E-state index contributed by atoms with van der Waals surface area (Å²) in [4.78, 5) is 10.9. The molecule has 0 bridgehead atoms. The third kappa shape index (κ3) is 3.15. The molecule has 2 nitrogen and oxygen atoms in total. The molecule has 0 aliphatic carbocycles. The molecule has 0 aromatic heterocycles. The molecule has 0 fully saturated rings. The van der Waals surface area contributed by atoms with Gasteiger partial charge in [0.05, 0.1) is 0 Å². The average molecular weight is 203 g/mol. The number of hydrogen-bond acceptors (Lipinski definition) is 3. The van der Waals surface area contributed by atoms with Gasteiger partial charge in [0.2, 0.25) is 0 Å². The van der Waals surface area contributed by atoms with Crippen LogP contribution in [0.1, 0.15) is 0 Å². The van der Waals surface area contributed by atoms with E-state index in [4.69, 9.17) is 15.4 Å². The first-order chi connectivity index (χ1) is 5.83. The molecule has 1 aromatic rings. The summed E-state index contributed by atoms with van der Waals surface area (Å²) >= 11 is 0. The van der Waals surface area contributed by atoms with Crippen molar-refractivity contribution in [3.8, 4) is 5.75 Å². The number of ether oxygens (including phenoxy) is 1. The Hall–Kier alpha value is -0.670. The number of carbonyl (C=O) groups is 1. The highest BCUT2D eigenvalue weighted by Crippen LogP contribution is 2.11. The molecule has 0 unspecified atom stereocenters. The second kappa shape index (κ2) is 5.06. The van der Waals surface area contributed by atoms with E-state index in [1.165, 1.54) is 0 Å². The Kier molecular flexibility index (Phi) is 3.97. The molecule has 0 aliphatic rings. The fourth-order valence-electron chi connectivity index (χ4n) is 0.694. The van der Waals surface area contributed by atoms with Crippen molar-refractivity contribution < 1.29 is 9.53 Å². The van der Waals surface area contributed by atoms with Crippen molar-refractivity contribution in [2.45, 2.75) is 0 Å². The summed E-state index contributed by atoms with van der Waals surface area (Å²) in [5.41, 5.74) is 0. The summed E-state index contributed by atoms with van der Waals surface area (Å²) < 4.78 is 4.91. The molecule has 64 valence electrons. The lowest BCUT2D eigenvalue weighted by atomic mass is 10.3. The first-order valence-electron chi connectivity index (χ1n) is 3.32. The monoisotopic (exact) mass is 202 g/mol. The Balaban J connectivity index is 2.47. The van der Waals surface area contributed by atoms with Crippen LogP contribution in [0.4, 0.5) is 0 Å². The predicted octanol–water partition coefficient (Wildman–Crippen LogP) is 2.48. The number of esters is 1. The number of hydrogen-bond donors (Lipinski definition) is 0. The summed E-state index contributed by atoms with van der Waals surface area (Å²) in [5, 5.41) is 0. The van der Waals surface area contributed by atoms with Crippen LogP contribution >= 0.6 is 21.7 Å². The van der Waals surface area contributed by atoms with E-state index >= 15 is 0 Å². The molecule has 12 heavy (non-hydrogen) atoms. The van der Waals surface area contributed by atoms with Crippen molar-refractivity contribution >= 4 is 27.6 Å². The summed E-state index contributed by atoms with van der Waals surface area (Å²) in [6.45, 7) is 0. The molecule has 0 saturated carbocycles. The predicted molar refractivity (Wildman–Crippen MR) is 50.4 cm³/mol. The minimum absolute atomic E-state index is 0.163. The van der Waals surface area contributed by atoms with Gasteiger partial charge < -0.3 is 4.74 Å². The molecule has 0 spiro atoms. The van der Waals surface area contributed by atoms with Crippen molar-refractivity contribution in [3.63, 3.8) is 0 Å². The molecular weight excluding hydrogens is 196 g/mol. The fourth-order valence-corrected chi connectivity index (χ4v) is 1.11. The Bertz CT molecular complexity index is 250. The van der Waals surface area contributed by atoms with Crippen LogP contribution in [0.15, 0.2) is 30.3 Å². The standard InChI is InChI=1S/C8H7ClO2S/c9-12-6-8(10)11-7-4-2-1-3-5-7/h1-5H,6H2. The van der Waals surface area contributed by atoms with Gasteiger partial charge in [-0.05, 0) is 33.8 Å². The van der Waals surface area contributed by atoms with Gasteiger partial charge in [0.15, 0.2) is 0 Å². The van der Waals surface area contributed by atoms with Crippen LogP contribution in [-0.4, -0.2) is 11.7 Å². The van der Waals surface area contributed by atoms with Crippen molar-refractivity contribution in [1.82, 2.24) is 0 Å². The summed E-state index contributed by atoms with van der Waals surface area (Å²) in [7, 11) is 6.21. The first-order valence-corrected chi connectivity index (χ1v) is 5.13. The zero-order chi connectivity index (χ0) is 8.81. The maximum atomic E-state index is 10.9. The Morgan fingerprint density at radius 1 is 1.42 bits per heavy atom. The Morgan fingerprint density at radius 2 is 2.08 bits per heavy atom. The Morgan fingerprint density at radius 3 is 2.67 bits per heavy atom. The van der Waals surface area contributed by atoms with E-state index in [1.807, 2.05) is 6.07 Å². The molecule has 1 aromatic carbocycles. The van der Waals surface area contributed by atoms with Crippen LogP contribution in [0.3, 0.4) is 0 Å². The van der Waals surface area contributed by atoms with Gasteiger partial charge in [-0.25, -0.2) is 0 Å². The summed E-state index contributed by atoms with van der Waals surface area (Å²) in [6, 6.07) is 8.90. The van der Waals surface area contributed by atoms with Crippen LogP contribution in [0, 0.1) is 0 Å². The molecule has 0 amide bonds. The van der Waals surface area contributed by atoms with Crippen LogP contribution in [0.5, 0.6) is 5.75 Å². The number of para-hydroxylation sites is 1. The van der Waals surface area contributed by atoms with Crippen LogP contribution < -0.4 is 4.74 Å². The van der Waals surface area contributed by atoms with E-state index in [2.05, 4.69) is 0 Å². The topological polar surface area (TPSA) is 26.3 Å². The van der Waals surface area contributed by atoms with E-state index in [0.29, 0.717) is 5.75 Å². The van der Waals surface area contributed by atoms with Crippen molar-refractivity contribution in [2.75, 3.05) is 5.75 Å². The van der Waals surface area contributed by atoms with E-state index in [9.17, 15) is 4.79 Å². The average Bonchev–Trinajstić information content (AvgIpc) is 2.06. The van der Waals surface area contributed by atoms with Crippen LogP contribution in [0.25, 0.3) is 0 Å². The minimum Gasteiger partial charge on any atom is -0.426 e. The lowest BCUT2D eigenvalue weighted by Gasteiger charge is -2.00.